The van der Waals surface area contributed by atoms with E-state index in [-0.39, 0.29) is 0 Å². The molecule has 0 spiro atoms. The molecule has 0 saturated heterocycles. The van der Waals surface area contributed by atoms with Gasteiger partial charge >= 0.3 is 0 Å². The summed E-state index contributed by atoms with van der Waals surface area (Å²) in [6.07, 6.45) is 6.57. The van der Waals surface area contributed by atoms with Gasteiger partial charge in [-0.2, -0.15) is 0 Å². The summed E-state index contributed by atoms with van der Waals surface area (Å²) in [5.74, 6) is 1.47. The van der Waals surface area contributed by atoms with Gasteiger partial charge in [0, 0.05) is 6.04 Å². The van der Waals surface area contributed by atoms with Gasteiger partial charge in [0.15, 0.2) is 0 Å². The smallest absolute Gasteiger partial charge is 0.0158 e. The molecule has 0 fully saturated rings. The summed E-state index contributed by atoms with van der Waals surface area (Å²) < 4.78 is 0. The van der Waals surface area contributed by atoms with E-state index >= 15 is 0 Å². The fraction of sp³-hybridized carbons (Fsp3) is 0.647. The minimum Gasteiger partial charge on any atom is -0.316 e. The molecule has 1 nitrogen and oxygen atoms in total. The van der Waals surface area contributed by atoms with Crippen LogP contribution in [0.3, 0.4) is 0 Å². The molecule has 1 aliphatic carbocycles. The summed E-state index contributed by atoms with van der Waals surface area (Å²) >= 11 is 0. The topological polar surface area (TPSA) is 12.0 Å². The molecule has 100 valence electrons. The molecule has 1 aromatic carbocycles. The van der Waals surface area contributed by atoms with Crippen molar-refractivity contribution < 1.29 is 0 Å². The summed E-state index contributed by atoms with van der Waals surface area (Å²) in [5.41, 5.74) is 3.18. The molecule has 0 aliphatic heterocycles. The van der Waals surface area contributed by atoms with Gasteiger partial charge < -0.3 is 5.32 Å². The lowest BCUT2D eigenvalue weighted by molar-refractivity contribution is 0.303. The van der Waals surface area contributed by atoms with E-state index in [1.807, 2.05) is 0 Å². The lowest BCUT2D eigenvalue weighted by Gasteiger charge is -2.36. The van der Waals surface area contributed by atoms with E-state index in [0.29, 0.717) is 12.0 Å². The summed E-state index contributed by atoms with van der Waals surface area (Å²) in [7, 11) is 2.13. The molecule has 0 aromatic heterocycles. The lowest BCUT2D eigenvalue weighted by atomic mass is 9.74. The number of benzene rings is 1. The minimum atomic E-state index is 0.631. The lowest BCUT2D eigenvalue weighted by Crippen LogP contribution is -2.39. The predicted molar refractivity (Wildman–Crippen MR) is 79.0 cm³/mol. The van der Waals surface area contributed by atoms with Crippen LogP contribution in [0.15, 0.2) is 24.3 Å². The first kappa shape index (κ1) is 13.6. The highest BCUT2D eigenvalue weighted by atomic mass is 14.9. The van der Waals surface area contributed by atoms with Gasteiger partial charge in [0.25, 0.3) is 0 Å². The van der Waals surface area contributed by atoms with Crippen molar-refractivity contribution in [2.45, 2.75) is 57.9 Å². The highest BCUT2D eigenvalue weighted by molar-refractivity contribution is 5.33. The Bertz CT molecular complexity index is 372. The first-order chi connectivity index (χ1) is 8.77. The maximum absolute atomic E-state index is 3.60. The van der Waals surface area contributed by atoms with Gasteiger partial charge in [0.2, 0.25) is 0 Å². The van der Waals surface area contributed by atoms with Gasteiger partial charge in [-0.3, -0.25) is 0 Å². The maximum atomic E-state index is 3.60. The first-order valence-electron chi connectivity index (χ1n) is 7.53. The number of fused-ring (bicyclic) bond motifs is 1. The number of nitrogens with one attached hydrogen (secondary N) is 1. The monoisotopic (exact) mass is 245 g/mol. The van der Waals surface area contributed by atoms with Gasteiger partial charge in [-0.1, -0.05) is 44.5 Å². The second-order valence-corrected chi connectivity index (χ2v) is 5.78. The molecule has 0 saturated carbocycles. The SMILES string of the molecule is CCCC(C)C(NC)C1CCCc2ccccc21. The van der Waals surface area contributed by atoms with Gasteiger partial charge in [-0.05, 0) is 55.7 Å². The van der Waals surface area contributed by atoms with Crippen LogP contribution in [0.1, 0.15) is 56.6 Å². The van der Waals surface area contributed by atoms with Crippen molar-refractivity contribution in [3.8, 4) is 0 Å². The van der Waals surface area contributed by atoms with Crippen LogP contribution in [0.4, 0.5) is 0 Å². The Morgan fingerprint density at radius 3 is 2.83 bits per heavy atom. The molecular weight excluding hydrogens is 218 g/mol. The zero-order valence-electron chi connectivity index (χ0n) is 12.1. The van der Waals surface area contributed by atoms with E-state index in [0.717, 1.165) is 5.92 Å². The molecule has 1 N–H and O–H groups in total. The number of aryl methyl sites for hydroxylation is 1. The summed E-state index contributed by atoms with van der Waals surface area (Å²) in [4.78, 5) is 0. The molecule has 2 rings (SSSR count). The molecule has 1 aliphatic rings. The molecule has 0 bridgehead atoms. The number of likely N-dealkylation sites (N-methyl/N-ethyl adjacent to an activating group) is 1. The Hall–Kier alpha value is -0.820. The second-order valence-electron chi connectivity index (χ2n) is 5.78. The van der Waals surface area contributed by atoms with E-state index in [4.69, 9.17) is 0 Å². The van der Waals surface area contributed by atoms with Crippen LogP contribution in [0.25, 0.3) is 0 Å². The normalized spacial score (nSPS) is 22.3. The van der Waals surface area contributed by atoms with E-state index in [1.165, 1.54) is 32.1 Å². The summed E-state index contributed by atoms with van der Waals surface area (Å²) in [6, 6.07) is 9.69. The Balaban J connectivity index is 2.22. The number of hydrogen-bond donors (Lipinski definition) is 1. The largest absolute Gasteiger partial charge is 0.316 e. The quantitative estimate of drug-likeness (QED) is 0.822. The fourth-order valence-electron chi connectivity index (χ4n) is 3.68. The predicted octanol–water partition coefficient (Wildman–Crippen LogP) is 4.13. The molecule has 0 heterocycles. The molecular formula is C17H27N. The van der Waals surface area contributed by atoms with Crippen molar-refractivity contribution in [1.82, 2.24) is 5.32 Å². The van der Waals surface area contributed by atoms with Gasteiger partial charge in [-0.15, -0.1) is 0 Å². The van der Waals surface area contributed by atoms with Crippen LogP contribution in [0, 0.1) is 5.92 Å². The Morgan fingerprint density at radius 1 is 1.33 bits per heavy atom. The Kier molecular flexibility index (Phi) is 4.82. The van der Waals surface area contributed by atoms with Gasteiger partial charge in [0.05, 0.1) is 0 Å². The molecule has 18 heavy (non-hydrogen) atoms. The number of hydrogen-bond acceptors (Lipinski definition) is 1. The van der Waals surface area contributed by atoms with Crippen molar-refractivity contribution in [1.29, 1.82) is 0 Å². The van der Waals surface area contributed by atoms with Crippen LogP contribution in [-0.4, -0.2) is 13.1 Å². The van der Waals surface area contributed by atoms with Crippen LogP contribution in [-0.2, 0) is 6.42 Å². The molecule has 1 aromatic rings. The summed E-state index contributed by atoms with van der Waals surface area (Å²) in [5, 5.41) is 3.60. The third kappa shape index (κ3) is 2.77. The zero-order valence-corrected chi connectivity index (χ0v) is 12.1. The standard InChI is InChI=1S/C17H27N/c1-4-8-13(2)17(18-3)16-12-7-10-14-9-5-6-11-15(14)16/h5-6,9,11,13,16-18H,4,7-8,10,12H2,1-3H3. The minimum absolute atomic E-state index is 0.631. The third-order valence-electron chi connectivity index (χ3n) is 4.54. The molecule has 3 atom stereocenters. The molecule has 0 amide bonds. The number of rotatable bonds is 5. The highest BCUT2D eigenvalue weighted by Gasteiger charge is 2.29. The molecule has 1 heteroatoms. The maximum Gasteiger partial charge on any atom is 0.0158 e. The van der Waals surface area contributed by atoms with Crippen molar-refractivity contribution in [2.24, 2.45) is 5.92 Å². The van der Waals surface area contributed by atoms with E-state index in [9.17, 15) is 0 Å². The molecule has 0 radical (unpaired) electrons. The van der Waals surface area contributed by atoms with Crippen molar-refractivity contribution in [3.63, 3.8) is 0 Å². The van der Waals surface area contributed by atoms with Crippen LogP contribution >= 0.6 is 0 Å². The van der Waals surface area contributed by atoms with Gasteiger partial charge in [0.1, 0.15) is 0 Å². The van der Waals surface area contributed by atoms with E-state index in [1.54, 1.807) is 11.1 Å². The van der Waals surface area contributed by atoms with Crippen LogP contribution in [0.2, 0.25) is 0 Å². The van der Waals surface area contributed by atoms with Gasteiger partial charge in [-0.25, -0.2) is 0 Å². The van der Waals surface area contributed by atoms with E-state index in [2.05, 4.69) is 50.5 Å². The van der Waals surface area contributed by atoms with E-state index < -0.39 is 0 Å². The summed E-state index contributed by atoms with van der Waals surface area (Å²) in [6.45, 7) is 4.69. The van der Waals surface area contributed by atoms with Crippen LogP contribution < -0.4 is 5.32 Å². The first-order valence-corrected chi connectivity index (χ1v) is 7.53. The Morgan fingerprint density at radius 2 is 2.11 bits per heavy atom. The third-order valence-corrected chi connectivity index (χ3v) is 4.54. The Labute approximate surface area is 112 Å². The van der Waals surface area contributed by atoms with Crippen molar-refractivity contribution in [3.05, 3.63) is 35.4 Å². The molecule has 3 unspecified atom stereocenters. The average molecular weight is 245 g/mol. The fourth-order valence-corrected chi connectivity index (χ4v) is 3.68. The van der Waals surface area contributed by atoms with Crippen molar-refractivity contribution in [2.75, 3.05) is 7.05 Å². The zero-order chi connectivity index (χ0) is 13.0. The van der Waals surface area contributed by atoms with Crippen molar-refractivity contribution >= 4 is 0 Å². The highest BCUT2D eigenvalue weighted by Crippen LogP contribution is 2.36. The average Bonchev–Trinajstić information content (AvgIpc) is 2.40. The second kappa shape index (κ2) is 6.38. The van der Waals surface area contributed by atoms with Crippen LogP contribution in [0.5, 0.6) is 0 Å².